The van der Waals surface area contributed by atoms with Crippen LogP contribution in [-0.2, 0) is 0 Å². The molecule has 7 heteroatoms. The summed E-state index contributed by atoms with van der Waals surface area (Å²) >= 11 is 0. The van der Waals surface area contributed by atoms with Crippen LogP contribution in [0.2, 0.25) is 0 Å². The molecule has 0 aliphatic carbocycles. The molecule has 7 nitrogen and oxygen atoms in total. The standard InChI is InChI=1S/C17H17N5O2/c1-23-12-8-5-9-13(24-2)14(12)15-20-16(18)21-17-19-10-6-3-4-7-11(10)22(15)17/h3-9,15H,1-2H3,(H3,18,19,20,21). The SMILES string of the molecule is COc1cccc(OC)c1C1N=C(N)Nc2nc3ccccc3n21. The van der Waals surface area contributed by atoms with Crippen LogP contribution in [-0.4, -0.2) is 29.7 Å². The molecule has 1 aromatic heterocycles. The number of anilines is 1. The van der Waals surface area contributed by atoms with Crippen molar-refractivity contribution in [2.24, 2.45) is 10.7 Å². The number of imidazole rings is 1. The zero-order valence-corrected chi connectivity index (χ0v) is 13.4. The Morgan fingerprint density at radius 2 is 1.75 bits per heavy atom. The number of aromatic nitrogens is 2. The summed E-state index contributed by atoms with van der Waals surface area (Å²) in [6.45, 7) is 0. The molecule has 2 aromatic carbocycles. The predicted molar refractivity (Wildman–Crippen MR) is 92.7 cm³/mol. The fourth-order valence-corrected chi connectivity index (χ4v) is 3.04. The predicted octanol–water partition coefficient (Wildman–Crippen LogP) is 2.34. The van der Waals surface area contributed by atoms with Crippen molar-refractivity contribution in [1.29, 1.82) is 0 Å². The number of hydrogen-bond donors (Lipinski definition) is 2. The minimum atomic E-state index is -0.431. The molecule has 0 saturated heterocycles. The third-order valence-corrected chi connectivity index (χ3v) is 4.07. The van der Waals surface area contributed by atoms with Gasteiger partial charge in [-0.3, -0.25) is 9.88 Å². The summed E-state index contributed by atoms with van der Waals surface area (Å²) < 4.78 is 13.1. The zero-order chi connectivity index (χ0) is 16.7. The number of aliphatic imine (C=N–C) groups is 1. The fraction of sp³-hybridized carbons (Fsp3) is 0.176. The normalized spacial score (nSPS) is 16.2. The van der Waals surface area contributed by atoms with Gasteiger partial charge in [0.2, 0.25) is 5.95 Å². The lowest BCUT2D eigenvalue weighted by Crippen LogP contribution is -2.31. The van der Waals surface area contributed by atoms with Crippen molar-refractivity contribution in [2.45, 2.75) is 6.17 Å². The maximum absolute atomic E-state index is 5.99. The van der Waals surface area contributed by atoms with Gasteiger partial charge in [0.25, 0.3) is 0 Å². The van der Waals surface area contributed by atoms with E-state index in [9.17, 15) is 0 Å². The summed E-state index contributed by atoms with van der Waals surface area (Å²) in [7, 11) is 3.25. The molecule has 0 bridgehead atoms. The van der Waals surface area contributed by atoms with Crippen molar-refractivity contribution in [2.75, 3.05) is 19.5 Å². The van der Waals surface area contributed by atoms with Gasteiger partial charge in [0.1, 0.15) is 11.5 Å². The van der Waals surface area contributed by atoms with Crippen LogP contribution in [0.3, 0.4) is 0 Å². The van der Waals surface area contributed by atoms with E-state index < -0.39 is 6.17 Å². The minimum Gasteiger partial charge on any atom is -0.496 e. The van der Waals surface area contributed by atoms with Gasteiger partial charge in [-0.2, -0.15) is 0 Å². The summed E-state index contributed by atoms with van der Waals surface area (Å²) in [4.78, 5) is 9.18. The van der Waals surface area contributed by atoms with Gasteiger partial charge >= 0.3 is 0 Å². The Labute approximate surface area is 138 Å². The summed E-state index contributed by atoms with van der Waals surface area (Å²) in [5.41, 5.74) is 8.61. The van der Waals surface area contributed by atoms with E-state index in [-0.39, 0.29) is 0 Å². The Morgan fingerprint density at radius 3 is 2.46 bits per heavy atom. The molecule has 1 aliphatic rings. The highest BCUT2D eigenvalue weighted by Gasteiger charge is 2.29. The van der Waals surface area contributed by atoms with Gasteiger partial charge < -0.3 is 15.2 Å². The van der Waals surface area contributed by atoms with Crippen LogP contribution in [0.5, 0.6) is 11.5 Å². The lowest BCUT2D eigenvalue weighted by Gasteiger charge is -2.26. The number of ether oxygens (including phenoxy) is 2. The topological polar surface area (TPSA) is 86.7 Å². The van der Waals surface area contributed by atoms with Gasteiger partial charge in [-0.05, 0) is 24.3 Å². The molecule has 24 heavy (non-hydrogen) atoms. The quantitative estimate of drug-likeness (QED) is 0.772. The van der Waals surface area contributed by atoms with E-state index >= 15 is 0 Å². The van der Waals surface area contributed by atoms with Gasteiger partial charge in [-0.1, -0.05) is 18.2 Å². The molecule has 3 N–H and O–H groups in total. The number of rotatable bonds is 3. The second-order valence-corrected chi connectivity index (χ2v) is 5.38. The van der Waals surface area contributed by atoms with Gasteiger partial charge in [0.05, 0.1) is 30.8 Å². The number of para-hydroxylation sites is 2. The lowest BCUT2D eigenvalue weighted by molar-refractivity contribution is 0.375. The Hall–Kier alpha value is -3.22. The van der Waals surface area contributed by atoms with E-state index in [1.165, 1.54) is 0 Å². The highest BCUT2D eigenvalue weighted by atomic mass is 16.5. The smallest absolute Gasteiger partial charge is 0.212 e. The maximum atomic E-state index is 5.99. The van der Waals surface area contributed by atoms with Crippen LogP contribution in [0.1, 0.15) is 11.7 Å². The Kier molecular flexibility index (Phi) is 3.26. The lowest BCUT2D eigenvalue weighted by atomic mass is 10.1. The summed E-state index contributed by atoms with van der Waals surface area (Å²) in [5.74, 6) is 2.31. The molecule has 1 atom stereocenters. The fourth-order valence-electron chi connectivity index (χ4n) is 3.04. The molecule has 0 spiro atoms. The second-order valence-electron chi connectivity index (χ2n) is 5.38. The Balaban J connectivity index is 2.02. The van der Waals surface area contributed by atoms with E-state index in [2.05, 4.69) is 15.3 Å². The van der Waals surface area contributed by atoms with Crippen LogP contribution in [0.15, 0.2) is 47.5 Å². The van der Waals surface area contributed by atoms with E-state index in [1.807, 2.05) is 47.0 Å². The number of nitrogens with one attached hydrogen (secondary N) is 1. The first kappa shape index (κ1) is 14.4. The van der Waals surface area contributed by atoms with Crippen molar-refractivity contribution in [3.8, 4) is 11.5 Å². The number of nitrogens with two attached hydrogens (primary N) is 1. The molecule has 1 unspecified atom stereocenters. The third-order valence-electron chi connectivity index (χ3n) is 4.07. The molecule has 0 fully saturated rings. The maximum Gasteiger partial charge on any atom is 0.212 e. The number of guanidine groups is 1. The third kappa shape index (κ3) is 2.05. The van der Waals surface area contributed by atoms with Crippen molar-refractivity contribution in [3.05, 3.63) is 48.0 Å². The van der Waals surface area contributed by atoms with Gasteiger partial charge in [-0.25, -0.2) is 9.98 Å². The first-order chi connectivity index (χ1) is 11.7. The molecule has 3 aromatic rings. The largest absolute Gasteiger partial charge is 0.496 e. The number of fused-ring (bicyclic) bond motifs is 3. The van der Waals surface area contributed by atoms with E-state index in [1.54, 1.807) is 14.2 Å². The van der Waals surface area contributed by atoms with Gasteiger partial charge in [0, 0.05) is 0 Å². The molecule has 1 aliphatic heterocycles. The number of hydrogen-bond acceptors (Lipinski definition) is 6. The van der Waals surface area contributed by atoms with Crippen LogP contribution in [0.25, 0.3) is 11.0 Å². The van der Waals surface area contributed by atoms with Gasteiger partial charge in [0.15, 0.2) is 12.1 Å². The zero-order valence-electron chi connectivity index (χ0n) is 13.4. The molecule has 0 amide bonds. The van der Waals surface area contributed by atoms with Crippen molar-refractivity contribution in [1.82, 2.24) is 9.55 Å². The van der Waals surface area contributed by atoms with Crippen LogP contribution < -0.4 is 20.5 Å². The monoisotopic (exact) mass is 323 g/mol. The van der Waals surface area contributed by atoms with E-state index in [0.717, 1.165) is 16.6 Å². The van der Waals surface area contributed by atoms with Crippen LogP contribution in [0, 0.1) is 0 Å². The van der Waals surface area contributed by atoms with Crippen LogP contribution >= 0.6 is 0 Å². The number of benzene rings is 2. The molecular formula is C17H17N5O2. The Morgan fingerprint density at radius 1 is 1.04 bits per heavy atom. The van der Waals surface area contributed by atoms with Crippen molar-refractivity contribution >= 4 is 22.9 Å². The number of nitrogens with zero attached hydrogens (tertiary/aromatic N) is 3. The number of methoxy groups -OCH3 is 2. The average molecular weight is 323 g/mol. The first-order valence-electron chi connectivity index (χ1n) is 7.51. The van der Waals surface area contributed by atoms with Crippen molar-refractivity contribution in [3.63, 3.8) is 0 Å². The van der Waals surface area contributed by atoms with E-state index in [4.69, 9.17) is 15.2 Å². The summed E-state index contributed by atoms with van der Waals surface area (Å²) in [6.07, 6.45) is -0.431. The minimum absolute atomic E-state index is 0.302. The highest BCUT2D eigenvalue weighted by molar-refractivity contribution is 5.94. The van der Waals surface area contributed by atoms with E-state index in [0.29, 0.717) is 23.4 Å². The average Bonchev–Trinajstić information content (AvgIpc) is 2.98. The molecule has 122 valence electrons. The molecular weight excluding hydrogens is 306 g/mol. The van der Waals surface area contributed by atoms with Gasteiger partial charge in [-0.15, -0.1) is 0 Å². The molecule has 4 rings (SSSR count). The first-order valence-corrected chi connectivity index (χ1v) is 7.51. The highest BCUT2D eigenvalue weighted by Crippen LogP contribution is 2.41. The summed E-state index contributed by atoms with van der Waals surface area (Å²) in [6, 6.07) is 13.5. The molecule has 0 radical (unpaired) electrons. The van der Waals surface area contributed by atoms with Crippen LogP contribution in [0.4, 0.5) is 5.95 Å². The second kappa shape index (κ2) is 5.45. The Bertz CT molecular complexity index is 925. The molecule has 0 saturated carbocycles. The van der Waals surface area contributed by atoms with Crippen molar-refractivity contribution < 1.29 is 9.47 Å². The molecule has 2 heterocycles. The summed E-state index contributed by atoms with van der Waals surface area (Å²) in [5, 5.41) is 3.02.